The number of para-hydroxylation sites is 2. The highest BCUT2D eigenvalue weighted by molar-refractivity contribution is 5.98. The summed E-state index contributed by atoms with van der Waals surface area (Å²) in [5.74, 6) is -0.0887. The molecular weight excluding hydrogens is 364 g/mol. The van der Waals surface area contributed by atoms with Gasteiger partial charge in [-0.3, -0.25) is 14.3 Å². The molecule has 0 unspecified atom stereocenters. The van der Waals surface area contributed by atoms with E-state index in [1.54, 1.807) is 0 Å². The van der Waals surface area contributed by atoms with Gasteiger partial charge < -0.3 is 5.32 Å². The van der Waals surface area contributed by atoms with E-state index in [4.69, 9.17) is 0 Å². The molecule has 0 radical (unpaired) electrons. The van der Waals surface area contributed by atoms with E-state index in [0.717, 1.165) is 34.3 Å². The minimum Gasteiger partial charge on any atom is -0.324 e. The molecular formula is C23H24N4O2. The Morgan fingerprint density at radius 3 is 2.59 bits per heavy atom. The number of anilines is 1. The highest BCUT2D eigenvalue weighted by atomic mass is 16.2. The van der Waals surface area contributed by atoms with Gasteiger partial charge in [0.15, 0.2) is 5.65 Å². The van der Waals surface area contributed by atoms with E-state index in [-0.39, 0.29) is 11.5 Å². The molecule has 4 aromatic rings. The number of aromatic nitrogens is 3. The molecule has 0 aliphatic rings. The number of nitrogens with zero attached hydrogens (tertiary/aromatic N) is 3. The van der Waals surface area contributed by atoms with Crippen LogP contribution in [0.5, 0.6) is 0 Å². The van der Waals surface area contributed by atoms with E-state index < -0.39 is 6.04 Å². The Kier molecular flexibility index (Phi) is 4.92. The van der Waals surface area contributed by atoms with E-state index in [1.165, 1.54) is 6.07 Å². The highest BCUT2D eigenvalue weighted by Crippen LogP contribution is 2.27. The molecule has 1 N–H and O–H groups in total. The molecule has 4 rings (SSSR count). The molecule has 1 amide bonds. The first-order chi connectivity index (χ1) is 14.0. The maximum atomic E-state index is 13.3. The summed E-state index contributed by atoms with van der Waals surface area (Å²) in [4.78, 5) is 29.6. The maximum absolute atomic E-state index is 13.3. The maximum Gasteiger partial charge on any atom is 0.273 e. The number of rotatable bonds is 5. The summed E-state index contributed by atoms with van der Waals surface area (Å²) in [5, 5.41) is 3.96. The zero-order chi connectivity index (χ0) is 20.5. The van der Waals surface area contributed by atoms with Crippen LogP contribution >= 0.6 is 0 Å². The van der Waals surface area contributed by atoms with Crippen LogP contribution in [0.1, 0.15) is 37.6 Å². The Balaban J connectivity index is 1.89. The van der Waals surface area contributed by atoms with Crippen molar-refractivity contribution in [2.24, 2.45) is 0 Å². The van der Waals surface area contributed by atoms with Gasteiger partial charge >= 0.3 is 0 Å². The molecule has 0 saturated carbocycles. The Labute approximate surface area is 168 Å². The second-order valence-electron chi connectivity index (χ2n) is 7.16. The monoisotopic (exact) mass is 388 g/mol. The normalized spacial score (nSPS) is 12.4. The first kappa shape index (κ1) is 18.9. The molecule has 0 aliphatic carbocycles. The van der Waals surface area contributed by atoms with Crippen molar-refractivity contribution >= 4 is 28.1 Å². The molecule has 0 aliphatic heterocycles. The van der Waals surface area contributed by atoms with Gasteiger partial charge in [-0.05, 0) is 43.5 Å². The molecule has 1 atom stereocenters. The third kappa shape index (κ3) is 3.20. The number of aryl methyl sites for hydroxylation is 2. The number of amides is 1. The molecule has 148 valence electrons. The molecule has 2 aromatic carbocycles. The van der Waals surface area contributed by atoms with Crippen molar-refractivity contribution in [3.8, 4) is 0 Å². The molecule has 2 aromatic heterocycles. The van der Waals surface area contributed by atoms with Crippen molar-refractivity contribution in [2.75, 3.05) is 5.32 Å². The van der Waals surface area contributed by atoms with Crippen LogP contribution in [0.3, 0.4) is 0 Å². The summed E-state index contributed by atoms with van der Waals surface area (Å²) < 4.78 is 3.84. The largest absolute Gasteiger partial charge is 0.324 e. The lowest BCUT2D eigenvalue weighted by Gasteiger charge is -2.21. The molecule has 0 saturated heterocycles. The van der Waals surface area contributed by atoms with E-state index in [2.05, 4.69) is 17.2 Å². The van der Waals surface area contributed by atoms with Crippen molar-refractivity contribution < 1.29 is 4.79 Å². The molecule has 0 spiro atoms. The van der Waals surface area contributed by atoms with Crippen LogP contribution in [-0.2, 0) is 11.2 Å². The van der Waals surface area contributed by atoms with Crippen molar-refractivity contribution in [3.63, 3.8) is 0 Å². The second-order valence-corrected chi connectivity index (χ2v) is 7.16. The lowest BCUT2D eigenvalue weighted by molar-refractivity contribution is -0.119. The van der Waals surface area contributed by atoms with E-state index in [9.17, 15) is 9.59 Å². The molecule has 2 heterocycles. The van der Waals surface area contributed by atoms with E-state index in [0.29, 0.717) is 12.1 Å². The van der Waals surface area contributed by atoms with Gasteiger partial charge in [0.2, 0.25) is 5.91 Å². The summed E-state index contributed by atoms with van der Waals surface area (Å²) in [6.07, 6.45) is 1.44. The van der Waals surface area contributed by atoms with Crippen LogP contribution in [-0.4, -0.2) is 20.1 Å². The molecule has 0 fully saturated rings. The van der Waals surface area contributed by atoms with Crippen molar-refractivity contribution in [2.45, 2.75) is 39.7 Å². The van der Waals surface area contributed by atoms with Crippen LogP contribution < -0.4 is 10.9 Å². The predicted molar refractivity (Wildman–Crippen MR) is 115 cm³/mol. The van der Waals surface area contributed by atoms with Crippen molar-refractivity contribution in [3.05, 3.63) is 76.2 Å². The summed E-state index contributed by atoms with van der Waals surface area (Å²) in [7, 11) is 0. The van der Waals surface area contributed by atoms with Crippen LogP contribution in [0.25, 0.3) is 16.6 Å². The lowest BCUT2D eigenvalue weighted by atomic mass is 10.1. The third-order valence-corrected chi connectivity index (χ3v) is 5.33. The topological polar surface area (TPSA) is 68.4 Å². The molecule has 6 nitrogen and oxygen atoms in total. The zero-order valence-corrected chi connectivity index (χ0v) is 16.8. The van der Waals surface area contributed by atoms with Gasteiger partial charge in [-0.15, -0.1) is 0 Å². The van der Waals surface area contributed by atoms with Gasteiger partial charge in [0, 0.05) is 22.8 Å². The Hall–Kier alpha value is -3.41. The number of benzene rings is 2. The number of carbonyl (C=O) groups is 1. The number of nitrogens with one attached hydrogen (secondary N) is 1. The number of carbonyl (C=O) groups excluding carboxylic acids is 1. The summed E-state index contributed by atoms with van der Waals surface area (Å²) >= 11 is 0. The minimum absolute atomic E-state index is 0.0887. The highest BCUT2D eigenvalue weighted by Gasteiger charge is 2.25. The van der Waals surface area contributed by atoms with Crippen LogP contribution in [0.15, 0.2) is 59.4 Å². The number of hydrogen-bond acceptors (Lipinski definition) is 3. The van der Waals surface area contributed by atoms with Crippen molar-refractivity contribution in [1.82, 2.24) is 14.2 Å². The SMILES string of the molecule is CCc1ccccc1NC(=O)[C@H](CC)n1c2ccccc2c2nc(=O)cc(C)n21. The summed E-state index contributed by atoms with van der Waals surface area (Å²) in [6.45, 7) is 5.92. The average Bonchev–Trinajstić information content (AvgIpc) is 3.04. The van der Waals surface area contributed by atoms with Crippen LogP contribution in [0, 0.1) is 6.92 Å². The predicted octanol–water partition coefficient (Wildman–Crippen LogP) is 4.11. The fraction of sp³-hybridized carbons (Fsp3) is 0.261. The van der Waals surface area contributed by atoms with Crippen LogP contribution in [0.2, 0.25) is 0 Å². The van der Waals surface area contributed by atoms with E-state index >= 15 is 0 Å². The molecule has 6 heteroatoms. The smallest absolute Gasteiger partial charge is 0.273 e. The van der Waals surface area contributed by atoms with E-state index in [1.807, 2.05) is 71.6 Å². The zero-order valence-electron chi connectivity index (χ0n) is 16.8. The summed E-state index contributed by atoms with van der Waals surface area (Å²) in [6, 6.07) is 16.6. The standard InChI is InChI=1S/C23H24N4O2/c1-4-16-10-6-8-12-18(16)24-23(29)19(5-2)27-20-13-9-7-11-17(20)22-25-21(28)14-15(3)26(22)27/h6-14,19H,4-5H2,1-3H3,(H,24,29)/t19-/m0/s1. The lowest BCUT2D eigenvalue weighted by Crippen LogP contribution is -2.29. The molecule has 0 bridgehead atoms. The van der Waals surface area contributed by atoms with Crippen LogP contribution in [0.4, 0.5) is 5.69 Å². The average molecular weight is 388 g/mol. The first-order valence-corrected chi connectivity index (χ1v) is 9.93. The van der Waals surface area contributed by atoms with Gasteiger partial charge in [0.05, 0.1) is 5.52 Å². The minimum atomic E-state index is -0.453. The second kappa shape index (κ2) is 7.54. The fourth-order valence-electron chi connectivity index (χ4n) is 3.95. The van der Waals surface area contributed by atoms with Gasteiger partial charge in [0.1, 0.15) is 6.04 Å². The Morgan fingerprint density at radius 1 is 1.10 bits per heavy atom. The quantitative estimate of drug-likeness (QED) is 0.559. The van der Waals surface area contributed by atoms with Gasteiger partial charge in [-0.25, -0.2) is 4.52 Å². The number of hydrogen-bond donors (Lipinski definition) is 1. The van der Waals surface area contributed by atoms with Crippen molar-refractivity contribution in [1.29, 1.82) is 0 Å². The summed E-state index contributed by atoms with van der Waals surface area (Å²) in [5.41, 5.74) is 3.85. The third-order valence-electron chi connectivity index (χ3n) is 5.33. The van der Waals surface area contributed by atoms with Gasteiger partial charge in [-0.2, -0.15) is 4.98 Å². The Morgan fingerprint density at radius 2 is 1.83 bits per heavy atom. The fourth-order valence-corrected chi connectivity index (χ4v) is 3.95. The van der Waals surface area contributed by atoms with Gasteiger partial charge in [-0.1, -0.05) is 44.2 Å². The first-order valence-electron chi connectivity index (χ1n) is 9.93. The Bertz CT molecular complexity index is 1270. The van der Waals surface area contributed by atoms with Gasteiger partial charge in [0.25, 0.3) is 5.56 Å². The number of fused-ring (bicyclic) bond motifs is 3. The molecule has 29 heavy (non-hydrogen) atoms.